The number of hydrogen-bond acceptors (Lipinski definition) is 4. The highest BCUT2D eigenvalue weighted by Gasteiger charge is 2.07. The van der Waals surface area contributed by atoms with Gasteiger partial charge in [0, 0.05) is 16.0 Å². The number of aromatic nitrogens is 2. The molecule has 0 aliphatic carbocycles. The fourth-order valence-electron chi connectivity index (χ4n) is 1.18. The van der Waals surface area contributed by atoms with Gasteiger partial charge in [-0.3, -0.25) is 0 Å². The number of rotatable bonds is 2. The third-order valence-corrected chi connectivity index (χ3v) is 3.61. The Labute approximate surface area is 101 Å². The van der Waals surface area contributed by atoms with Crippen LogP contribution in [0.25, 0.3) is 10.6 Å². The Balaban J connectivity index is 2.41. The van der Waals surface area contributed by atoms with Crippen molar-refractivity contribution in [2.24, 2.45) is 5.73 Å². The van der Waals surface area contributed by atoms with Gasteiger partial charge in [-0.2, -0.15) is 0 Å². The van der Waals surface area contributed by atoms with Gasteiger partial charge in [0.1, 0.15) is 5.82 Å². The minimum absolute atomic E-state index is 0.131. The summed E-state index contributed by atoms with van der Waals surface area (Å²) in [5.41, 5.74) is 6.66. The van der Waals surface area contributed by atoms with Gasteiger partial charge < -0.3 is 5.73 Å². The molecule has 2 aromatic rings. The third kappa shape index (κ3) is 2.42. The van der Waals surface area contributed by atoms with E-state index in [0.717, 1.165) is 15.0 Å². The molecule has 5 heteroatoms. The van der Waals surface area contributed by atoms with Gasteiger partial charge in [0.05, 0.1) is 16.6 Å². The summed E-state index contributed by atoms with van der Waals surface area (Å²) in [5.74, 6) is 0.678. The summed E-state index contributed by atoms with van der Waals surface area (Å²) in [7, 11) is 0. The summed E-state index contributed by atoms with van der Waals surface area (Å²) in [6.45, 7) is 1.88. The molecular formula is C10H10BrN3S. The molecule has 78 valence electrons. The molecule has 0 bridgehead atoms. The van der Waals surface area contributed by atoms with E-state index in [-0.39, 0.29) is 6.04 Å². The number of nitrogens with zero attached hydrogens (tertiary/aromatic N) is 2. The minimum Gasteiger partial charge on any atom is -0.322 e. The predicted octanol–water partition coefficient (Wildman–Crippen LogP) is 2.99. The second-order valence-corrected chi connectivity index (χ2v) is 5.04. The molecule has 2 aromatic heterocycles. The van der Waals surface area contributed by atoms with E-state index in [1.807, 2.05) is 24.4 Å². The zero-order valence-electron chi connectivity index (χ0n) is 8.14. The Kier molecular flexibility index (Phi) is 3.14. The largest absolute Gasteiger partial charge is 0.322 e. The average molecular weight is 284 g/mol. The molecule has 1 atom stereocenters. The first-order valence-electron chi connectivity index (χ1n) is 4.50. The van der Waals surface area contributed by atoms with Gasteiger partial charge in [-0.05, 0) is 35.0 Å². The molecule has 0 saturated heterocycles. The second-order valence-electron chi connectivity index (χ2n) is 3.22. The van der Waals surface area contributed by atoms with Crippen LogP contribution in [0.3, 0.4) is 0 Å². The van der Waals surface area contributed by atoms with Crippen LogP contribution < -0.4 is 5.73 Å². The van der Waals surface area contributed by atoms with Crippen LogP contribution in [-0.2, 0) is 0 Å². The van der Waals surface area contributed by atoms with Crippen molar-refractivity contribution < 1.29 is 0 Å². The van der Waals surface area contributed by atoms with E-state index >= 15 is 0 Å². The van der Waals surface area contributed by atoms with Gasteiger partial charge in [0.15, 0.2) is 0 Å². The number of halogens is 1. The highest BCUT2D eigenvalue weighted by Crippen LogP contribution is 2.28. The average Bonchev–Trinajstić information content (AvgIpc) is 2.65. The lowest BCUT2D eigenvalue weighted by Crippen LogP contribution is -2.09. The molecule has 0 spiro atoms. The molecule has 0 saturated carbocycles. The van der Waals surface area contributed by atoms with Crippen molar-refractivity contribution >= 4 is 27.3 Å². The summed E-state index contributed by atoms with van der Waals surface area (Å²) in [4.78, 5) is 9.65. The van der Waals surface area contributed by atoms with Gasteiger partial charge in [-0.25, -0.2) is 9.97 Å². The SMILES string of the molecule is CC(N)c1nccc(-c2cc(Br)cs2)n1. The van der Waals surface area contributed by atoms with Crippen molar-refractivity contribution in [2.45, 2.75) is 13.0 Å². The third-order valence-electron chi connectivity index (χ3n) is 1.90. The van der Waals surface area contributed by atoms with Crippen molar-refractivity contribution in [3.8, 4) is 10.6 Å². The van der Waals surface area contributed by atoms with Crippen LogP contribution in [0.5, 0.6) is 0 Å². The quantitative estimate of drug-likeness (QED) is 0.922. The van der Waals surface area contributed by atoms with Gasteiger partial charge in [0.25, 0.3) is 0 Å². The zero-order chi connectivity index (χ0) is 10.8. The van der Waals surface area contributed by atoms with Crippen LogP contribution >= 0.6 is 27.3 Å². The molecule has 1 unspecified atom stereocenters. The van der Waals surface area contributed by atoms with Crippen LogP contribution in [0.15, 0.2) is 28.2 Å². The summed E-state index contributed by atoms with van der Waals surface area (Å²) >= 11 is 5.06. The maximum absolute atomic E-state index is 5.74. The zero-order valence-corrected chi connectivity index (χ0v) is 10.5. The van der Waals surface area contributed by atoms with E-state index in [0.29, 0.717) is 5.82 Å². The smallest absolute Gasteiger partial charge is 0.145 e. The maximum Gasteiger partial charge on any atom is 0.145 e. The Bertz CT molecular complexity index is 467. The van der Waals surface area contributed by atoms with Crippen molar-refractivity contribution in [3.63, 3.8) is 0 Å². The van der Waals surface area contributed by atoms with Crippen molar-refractivity contribution in [2.75, 3.05) is 0 Å². The van der Waals surface area contributed by atoms with Gasteiger partial charge in [0.2, 0.25) is 0 Å². The summed E-state index contributed by atoms with van der Waals surface area (Å²) in [6.07, 6.45) is 1.74. The van der Waals surface area contributed by atoms with E-state index < -0.39 is 0 Å². The molecule has 15 heavy (non-hydrogen) atoms. The van der Waals surface area contributed by atoms with Crippen LogP contribution in [0.2, 0.25) is 0 Å². The molecule has 2 heterocycles. The maximum atomic E-state index is 5.74. The van der Waals surface area contributed by atoms with Gasteiger partial charge in [-0.1, -0.05) is 0 Å². The van der Waals surface area contributed by atoms with Crippen LogP contribution in [0.1, 0.15) is 18.8 Å². The Morgan fingerprint density at radius 3 is 2.93 bits per heavy atom. The Morgan fingerprint density at radius 2 is 2.33 bits per heavy atom. The highest BCUT2D eigenvalue weighted by molar-refractivity contribution is 9.10. The van der Waals surface area contributed by atoms with Crippen LogP contribution in [0, 0.1) is 0 Å². The van der Waals surface area contributed by atoms with Gasteiger partial charge in [-0.15, -0.1) is 11.3 Å². The van der Waals surface area contributed by atoms with Crippen molar-refractivity contribution in [1.29, 1.82) is 0 Å². The summed E-state index contributed by atoms with van der Waals surface area (Å²) < 4.78 is 1.07. The molecule has 0 radical (unpaired) electrons. The van der Waals surface area contributed by atoms with E-state index in [1.165, 1.54) is 0 Å². The Morgan fingerprint density at radius 1 is 1.53 bits per heavy atom. The van der Waals surface area contributed by atoms with E-state index in [4.69, 9.17) is 5.73 Å². The predicted molar refractivity (Wildman–Crippen MR) is 65.6 cm³/mol. The summed E-state index contributed by atoms with van der Waals surface area (Å²) in [6, 6.07) is 3.80. The lowest BCUT2D eigenvalue weighted by molar-refractivity contribution is 0.741. The summed E-state index contributed by atoms with van der Waals surface area (Å²) in [5, 5.41) is 2.03. The number of hydrogen-bond donors (Lipinski definition) is 1. The molecule has 3 nitrogen and oxygen atoms in total. The molecular weight excluding hydrogens is 274 g/mol. The highest BCUT2D eigenvalue weighted by atomic mass is 79.9. The first-order valence-corrected chi connectivity index (χ1v) is 6.17. The number of nitrogens with two attached hydrogens (primary N) is 1. The standard InChI is InChI=1S/C10H10BrN3S/c1-6(12)10-13-3-2-8(14-10)9-4-7(11)5-15-9/h2-6H,12H2,1H3. The lowest BCUT2D eigenvalue weighted by Gasteiger charge is -2.04. The van der Waals surface area contributed by atoms with E-state index in [2.05, 4.69) is 25.9 Å². The number of thiophene rings is 1. The molecule has 0 amide bonds. The first kappa shape index (κ1) is 10.7. The molecule has 0 fully saturated rings. The molecule has 0 aliphatic heterocycles. The van der Waals surface area contributed by atoms with E-state index in [1.54, 1.807) is 17.5 Å². The lowest BCUT2D eigenvalue weighted by atomic mass is 10.3. The topological polar surface area (TPSA) is 51.8 Å². The van der Waals surface area contributed by atoms with Crippen molar-refractivity contribution in [3.05, 3.63) is 34.0 Å². The Hall–Kier alpha value is -0.780. The van der Waals surface area contributed by atoms with Gasteiger partial charge >= 0.3 is 0 Å². The monoisotopic (exact) mass is 283 g/mol. The van der Waals surface area contributed by atoms with Crippen LogP contribution in [-0.4, -0.2) is 9.97 Å². The first-order chi connectivity index (χ1) is 7.16. The molecule has 2 N–H and O–H groups in total. The van der Waals surface area contributed by atoms with E-state index in [9.17, 15) is 0 Å². The molecule has 0 aromatic carbocycles. The fourth-order valence-corrected chi connectivity index (χ4v) is 2.58. The normalized spacial score (nSPS) is 12.7. The van der Waals surface area contributed by atoms with Crippen molar-refractivity contribution in [1.82, 2.24) is 9.97 Å². The molecule has 2 rings (SSSR count). The molecule has 0 aliphatic rings. The minimum atomic E-state index is -0.131. The second kappa shape index (κ2) is 4.38. The fraction of sp³-hybridized carbons (Fsp3) is 0.200. The van der Waals surface area contributed by atoms with Crippen LogP contribution in [0.4, 0.5) is 0 Å².